The number of carbonyl (C=O) groups excluding carboxylic acids is 1. The Morgan fingerprint density at radius 1 is 1.09 bits per heavy atom. The van der Waals surface area contributed by atoms with Gasteiger partial charge in [-0.2, -0.15) is 0 Å². The first-order chi connectivity index (χ1) is 16.1. The van der Waals surface area contributed by atoms with Crippen LogP contribution in [0, 0.1) is 17.8 Å². The van der Waals surface area contributed by atoms with Gasteiger partial charge in [0.05, 0.1) is 33.2 Å². The van der Waals surface area contributed by atoms with Crippen LogP contribution in [0.2, 0.25) is 0 Å². The van der Waals surface area contributed by atoms with Crippen molar-refractivity contribution in [2.45, 2.75) is 52.1 Å². The summed E-state index contributed by atoms with van der Waals surface area (Å²) in [4.78, 5) is 11.7. The molecule has 0 aromatic heterocycles. The fraction of sp³-hybridized carbons (Fsp3) is 0.464. The number of allylic oxidation sites excluding steroid dienone is 3. The molecule has 33 heavy (non-hydrogen) atoms. The van der Waals surface area contributed by atoms with Crippen molar-refractivity contribution < 1.29 is 23.7 Å². The largest absolute Gasteiger partial charge is 0.497 e. The van der Waals surface area contributed by atoms with Crippen LogP contribution in [-0.4, -0.2) is 40.0 Å². The third kappa shape index (κ3) is 7.00. The second-order valence-corrected chi connectivity index (χ2v) is 7.61. The summed E-state index contributed by atoms with van der Waals surface area (Å²) in [5.74, 6) is 7.51. The van der Waals surface area contributed by atoms with E-state index in [1.165, 1.54) is 12.7 Å². The van der Waals surface area contributed by atoms with Crippen molar-refractivity contribution in [3.63, 3.8) is 0 Å². The van der Waals surface area contributed by atoms with Crippen LogP contribution in [0.15, 0.2) is 59.4 Å². The molecule has 178 valence electrons. The Morgan fingerprint density at radius 2 is 1.82 bits per heavy atom. The molecule has 2 aliphatic carbocycles. The Bertz CT molecular complexity index is 927. The molecule has 3 atom stereocenters. The molecule has 0 heterocycles. The zero-order valence-electron chi connectivity index (χ0n) is 20.6. The molecule has 5 heteroatoms. The second-order valence-electron chi connectivity index (χ2n) is 7.61. The Hall–Kier alpha value is -2.97. The summed E-state index contributed by atoms with van der Waals surface area (Å²) >= 11 is 0. The lowest BCUT2D eigenvalue weighted by Crippen LogP contribution is -2.15. The van der Waals surface area contributed by atoms with Gasteiger partial charge >= 0.3 is 5.97 Å². The topological polar surface area (TPSA) is 54.0 Å². The molecule has 1 aromatic rings. The van der Waals surface area contributed by atoms with Crippen molar-refractivity contribution in [3.05, 3.63) is 65.0 Å². The number of esters is 1. The van der Waals surface area contributed by atoms with Gasteiger partial charge in [-0.1, -0.05) is 44.1 Å². The van der Waals surface area contributed by atoms with E-state index in [0.717, 1.165) is 35.5 Å². The number of methoxy groups -OCH3 is 3. The summed E-state index contributed by atoms with van der Waals surface area (Å²) in [6, 6.07) is 7.84. The maximum absolute atomic E-state index is 11.7. The summed E-state index contributed by atoms with van der Waals surface area (Å²) < 4.78 is 22.0. The summed E-state index contributed by atoms with van der Waals surface area (Å²) in [5, 5.41) is 0. The first-order valence-corrected chi connectivity index (χ1v) is 11.5. The van der Waals surface area contributed by atoms with Crippen molar-refractivity contribution >= 4 is 5.97 Å². The van der Waals surface area contributed by atoms with Crippen LogP contribution in [0.4, 0.5) is 0 Å². The number of ether oxygens (including phenoxy) is 4. The molecule has 1 fully saturated rings. The van der Waals surface area contributed by atoms with E-state index in [-0.39, 0.29) is 24.4 Å². The van der Waals surface area contributed by atoms with E-state index in [4.69, 9.17) is 18.9 Å². The smallest absolute Gasteiger partial charge is 0.307 e. The number of rotatable bonds is 8. The Kier molecular flexibility index (Phi) is 10.8. The van der Waals surface area contributed by atoms with Gasteiger partial charge < -0.3 is 18.9 Å². The summed E-state index contributed by atoms with van der Waals surface area (Å²) in [6.07, 6.45) is 8.62. The minimum Gasteiger partial charge on any atom is -0.497 e. The third-order valence-corrected chi connectivity index (χ3v) is 5.68. The van der Waals surface area contributed by atoms with E-state index in [1.54, 1.807) is 21.1 Å². The van der Waals surface area contributed by atoms with Gasteiger partial charge in [-0.15, -0.1) is 5.92 Å². The molecule has 5 nitrogen and oxygen atoms in total. The number of fused-ring (bicyclic) bond motifs is 1. The predicted octanol–water partition coefficient (Wildman–Crippen LogP) is 5.58. The normalized spacial score (nSPS) is 19.6. The first-order valence-electron chi connectivity index (χ1n) is 11.5. The van der Waals surface area contributed by atoms with Gasteiger partial charge in [0.2, 0.25) is 0 Å². The second kappa shape index (κ2) is 13.5. The molecular weight excluding hydrogens is 416 g/mol. The summed E-state index contributed by atoms with van der Waals surface area (Å²) in [5.41, 5.74) is 3.26. The summed E-state index contributed by atoms with van der Waals surface area (Å²) in [6.45, 7) is 6.28. The van der Waals surface area contributed by atoms with Crippen molar-refractivity contribution in [2.24, 2.45) is 5.92 Å². The van der Waals surface area contributed by atoms with Crippen LogP contribution < -0.4 is 4.74 Å². The van der Waals surface area contributed by atoms with Gasteiger partial charge in [0, 0.05) is 18.6 Å². The van der Waals surface area contributed by atoms with Crippen LogP contribution in [0.5, 0.6) is 5.75 Å². The van der Waals surface area contributed by atoms with Crippen molar-refractivity contribution in [2.75, 3.05) is 27.9 Å². The van der Waals surface area contributed by atoms with Crippen LogP contribution >= 0.6 is 0 Å². The van der Waals surface area contributed by atoms with Crippen LogP contribution in [0.25, 0.3) is 0 Å². The zero-order valence-corrected chi connectivity index (χ0v) is 20.6. The van der Waals surface area contributed by atoms with Gasteiger partial charge in [-0.3, -0.25) is 4.79 Å². The highest BCUT2D eigenvalue weighted by Gasteiger charge is 2.32. The quantitative estimate of drug-likeness (QED) is 0.381. The van der Waals surface area contributed by atoms with Gasteiger partial charge in [0.15, 0.2) is 0 Å². The van der Waals surface area contributed by atoms with E-state index in [1.807, 2.05) is 38.1 Å². The lowest BCUT2D eigenvalue weighted by molar-refractivity contribution is -0.140. The number of hydrogen-bond acceptors (Lipinski definition) is 5. The Labute approximate surface area is 198 Å². The minimum atomic E-state index is -0.269. The molecule has 0 amide bonds. The monoisotopic (exact) mass is 452 g/mol. The fourth-order valence-electron chi connectivity index (χ4n) is 4.10. The van der Waals surface area contributed by atoms with Crippen molar-refractivity contribution in [1.82, 2.24) is 0 Å². The molecule has 0 aliphatic heterocycles. The molecule has 1 saturated carbocycles. The molecule has 0 spiro atoms. The standard InChI is InChI=1S/C26H30O5.C2H6/c1-5-6-19(16-26(27)30-4)18-7-11-22(12-8-18)31-24-14-10-20-15-25(29-3)21(17-28-2)9-13-23(20)24;1-2/h7-9,11-13,15,19-20,24H,10,14,16-17H2,1-4H3;1-2H3. The highest BCUT2D eigenvalue weighted by Crippen LogP contribution is 2.38. The van der Waals surface area contributed by atoms with E-state index >= 15 is 0 Å². The Balaban J connectivity index is 0.00000187. The van der Waals surface area contributed by atoms with Crippen molar-refractivity contribution in [1.29, 1.82) is 0 Å². The van der Waals surface area contributed by atoms with Crippen LogP contribution in [-0.2, 0) is 19.0 Å². The van der Waals surface area contributed by atoms with Gasteiger partial charge in [0.1, 0.15) is 17.6 Å². The lowest BCUT2D eigenvalue weighted by Gasteiger charge is -2.18. The number of benzene rings is 1. The van der Waals surface area contributed by atoms with Crippen LogP contribution in [0.3, 0.4) is 0 Å². The number of hydrogen-bond donors (Lipinski definition) is 0. The van der Waals surface area contributed by atoms with Gasteiger partial charge in [-0.25, -0.2) is 0 Å². The van der Waals surface area contributed by atoms with E-state index in [0.29, 0.717) is 12.5 Å². The molecule has 0 N–H and O–H groups in total. The van der Waals surface area contributed by atoms with Gasteiger partial charge in [-0.05, 0) is 49.1 Å². The molecule has 0 bridgehead atoms. The molecule has 0 saturated heterocycles. The maximum Gasteiger partial charge on any atom is 0.307 e. The average Bonchev–Trinajstić information content (AvgIpc) is 3.12. The van der Waals surface area contributed by atoms with Crippen molar-refractivity contribution in [3.8, 4) is 17.6 Å². The van der Waals surface area contributed by atoms with Gasteiger partial charge in [0.25, 0.3) is 0 Å². The van der Waals surface area contributed by atoms with E-state index < -0.39 is 0 Å². The highest BCUT2D eigenvalue weighted by molar-refractivity contribution is 5.71. The molecule has 0 radical (unpaired) electrons. The molecule has 3 unspecified atom stereocenters. The van der Waals surface area contributed by atoms with E-state index in [9.17, 15) is 4.79 Å². The maximum atomic E-state index is 11.7. The lowest BCUT2D eigenvalue weighted by atomic mass is 9.96. The molecule has 3 rings (SSSR count). The zero-order chi connectivity index (χ0) is 24.2. The predicted molar refractivity (Wildman–Crippen MR) is 131 cm³/mol. The summed E-state index contributed by atoms with van der Waals surface area (Å²) in [7, 11) is 4.77. The molecule has 1 aromatic carbocycles. The first kappa shape index (κ1) is 26.3. The average molecular weight is 453 g/mol. The fourth-order valence-corrected chi connectivity index (χ4v) is 4.10. The van der Waals surface area contributed by atoms with Crippen LogP contribution in [0.1, 0.15) is 51.5 Å². The SMILES string of the molecule is CC.CC#CC(CC(=O)OC)c1ccc(OC2CCC3C=C(OC)C(COC)=CC=C32)cc1. The molecular formula is C28H36O5. The molecule has 2 aliphatic rings. The number of carbonyl (C=O) groups is 1. The Morgan fingerprint density at radius 3 is 2.42 bits per heavy atom. The highest BCUT2D eigenvalue weighted by atomic mass is 16.5. The third-order valence-electron chi connectivity index (χ3n) is 5.68. The minimum absolute atomic E-state index is 0.0182. The van der Waals surface area contributed by atoms with E-state index in [2.05, 4.69) is 30.1 Å².